The fourth-order valence-corrected chi connectivity index (χ4v) is 3.64. The normalized spacial score (nSPS) is 10.5. The fraction of sp³-hybridized carbons (Fsp3) is 0.556. The first-order valence-electron chi connectivity index (χ1n) is 9.10. The minimum Gasteiger partial charge on any atom is -0.462 e. The van der Waals surface area contributed by atoms with Gasteiger partial charge in [0.05, 0.1) is 30.1 Å². The van der Waals surface area contributed by atoms with Crippen molar-refractivity contribution < 1.29 is 23.9 Å². The highest BCUT2D eigenvalue weighted by molar-refractivity contribution is 7.18. The second kappa shape index (κ2) is 11.4. The van der Waals surface area contributed by atoms with Gasteiger partial charge in [-0.1, -0.05) is 6.92 Å². The van der Waals surface area contributed by atoms with E-state index < -0.39 is 5.97 Å². The number of likely N-dealkylation sites (N-methyl/N-ethyl adjacent to an activating group) is 2. The second-order valence-electron chi connectivity index (χ2n) is 5.86. The Morgan fingerprint density at radius 1 is 1.07 bits per heavy atom. The van der Waals surface area contributed by atoms with E-state index in [1.54, 1.807) is 18.7 Å². The van der Waals surface area contributed by atoms with E-state index in [0.717, 1.165) is 11.3 Å². The van der Waals surface area contributed by atoms with E-state index in [9.17, 15) is 19.2 Å². The summed E-state index contributed by atoms with van der Waals surface area (Å²) in [6.07, 6.45) is 0. The number of nitrogens with one attached hydrogen (secondary N) is 3. The molecule has 1 aromatic heterocycles. The molecule has 0 spiro atoms. The number of esters is 1. The maximum atomic E-state index is 12.5. The van der Waals surface area contributed by atoms with E-state index >= 15 is 0 Å². The van der Waals surface area contributed by atoms with Gasteiger partial charge in [0.15, 0.2) is 0 Å². The summed E-state index contributed by atoms with van der Waals surface area (Å²) in [4.78, 5) is 50.6. The molecule has 28 heavy (non-hydrogen) atoms. The number of rotatable bonds is 10. The summed E-state index contributed by atoms with van der Waals surface area (Å²) in [6.45, 7) is 8.24. The standard InChI is InChI=1S/C18H28N4O5S/c1-6-20-12(23)9-22(7-2)10-13(24)21-17-14(18(26)27-8-3)11(4)15(28-17)16(25)19-5/h6-10H2,1-5H3,(H,19,25)(H,20,23)(H,21,24). The van der Waals surface area contributed by atoms with Gasteiger partial charge in [-0.25, -0.2) is 4.79 Å². The predicted octanol–water partition coefficient (Wildman–Crippen LogP) is 0.989. The molecule has 0 aromatic carbocycles. The van der Waals surface area contributed by atoms with Gasteiger partial charge in [0.25, 0.3) is 5.91 Å². The molecule has 9 nitrogen and oxygen atoms in total. The molecule has 0 saturated carbocycles. The van der Waals surface area contributed by atoms with Gasteiger partial charge in [-0.05, 0) is 32.9 Å². The van der Waals surface area contributed by atoms with Crippen molar-refractivity contribution in [2.24, 2.45) is 0 Å². The van der Waals surface area contributed by atoms with Crippen LogP contribution in [0, 0.1) is 6.92 Å². The Balaban J connectivity index is 3.02. The largest absolute Gasteiger partial charge is 0.462 e. The van der Waals surface area contributed by atoms with Crippen LogP contribution in [0.25, 0.3) is 0 Å². The molecule has 0 atom stereocenters. The van der Waals surface area contributed by atoms with E-state index in [1.807, 2.05) is 13.8 Å². The summed E-state index contributed by atoms with van der Waals surface area (Å²) in [5.41, 5.74) is 0.623. The van der Waals surface area contributed by atoms with Gasteiger partial charge in [0, 0.05) is 13.6 Å². The number of anilines is 1. The van der Waals surface area contributed by atoms with Gasteiger partial charge in [-0.15, -0.1) is 11.3 Å². The van der Waals surface area contributed by atoms with E-state index in [2.05, 4.69) is 16.0 Å². The first-order valence-corrected chi connectivity index (χ1v) is 9.91. The van der Waals surface area contributed by atoms with Gasteiger partial charge in [0.2, 0.25) is 11.8 Å². The number of carbonyl (C=O) groups excluding carboxylic acids is 4. The molecule has 0 aliphatic carbocycles. The smallest absolute Gasteiger partial charge is 0.341 e. The molecule has 156 valence electrons. The quantitative estimate of drug-likeness (QED) is 0.494. The number of nitrogens with zero attached hydrogens (tertiary/aromatic N) is 1. The average Bonchev–Trinajstić information content (AvgIpc) is 2.96. The van der Waals surface area contributed by atoms with E-state index in [4.69, 9.17) is 4.74 Å². The maximum Gasteiger partial charge on any atom is 0.341 e. The number of carbonyl (C=O) groups is 4. The van der Waals surface area contributed by atoms with Crippen LogP contribution in [-0.4, -0.2) is 68.4 Å². The van der Waals surface area contributed by atoms with Crippen LogP contribution in [0.15, 0.2) is 0 Å². The van der Waals surface area contributed by atoms with Crippen LogP contribution >= 0.6 is 11.3 Å². The highest BCUT2D eigenvalue weighted by Gasteiger charge is 2.26. The Kier molecular flexibility index (Phi) is 9.60. The highest BCUT2D eigenvalue weighted by atomic mass is 32.1. The Hall–Kier alpha value is -2.46. The van der Waals surface area contributed by atoms with E-state index in [0.29, 0.717) is 23.5 Å². The predicted molar refractivity (Wildman–Crippen MR) is 108 cm³/mol. The molecule has 0 radical (unpaired) electrons. The van der Waals surface area contributed by atoms with E-state index in [-0.39, 0.29) is 48.0 Å². The van der Waals surface area contributed by atoms with Crippen LogP contribution in [0.1, 0.15) is 46.4 Å². The summed E-state index contributed by atoms with van der Waals surface area (Å²) in [5.74, 6) is -1.50. The Morgan fingerprint density at radius 2 is 1.71 bits per heavy atom. The Bertz CT molecular complexity index is 732. The van der Waals surface area contributed by atoms with Crippen molar-refractivity contribution in [1.82, 2.24) is 15.5 Å². The van der Waals surface area contributed by atoms with Crippen LogP contribution in [0.3, 0.4) is 0 Å². The SMILES string of the molecule is CCNC(=O)CN(CC)CC(=O)Nc1sc(C(=O)NC)c(C)c1C(=O)OCC. The van der Waals surface area contributed by atoms with Crippen LogP contribution in [0.2, 0.25) is 0 Å². The van der Waals surface area contributed by atoms with E-state index in [1.165, 1.54) is 7.05 Å². The molecule has 0 aliphatic heterocycles. The topological polar surface area (TPSA) is 117 Å². The number of hydrogen-bond acceptors (Lipinski definition) is 7. The maximum absolute atomic E-state index is 12.5. The van der Waals surface area contributed by atoms with Crippen LogP contribution in [-0.2, 0) is 14.3 Å². The second-order valence-corrected chi connectivity index (χ2v) is 6.89. The lowest BCUT2D eigenvalue weighted by atomic mass is 10.1. The van der Waals surface area contributed by atoms with Crippen molar-refractivity contribution in [3.8, 4) is 0 Å². The van der Waals surface area contributed by atoms with Gasteiger partial charge >= 0.3 is 5.97 Å². The zero-order valence-electron chi connectivity index (χ0n) is 16.9. The number of amides is 3. The molecule has 0 aliphatic rings. The molecular weight excluding hydrogens is 384 g/mol. The lowest BCUT2D eigenvalue weighted by Gasteiger charge is -2.19. The molecule has 1 aromatic rings. The molecule has 3 N–H and O–H groups in total. The average molecular weight is 413 g/mol. The highest BCUT2D eigenvalue weighted by Crippen LogP contribution is 2.33. The zero-order valence-corrected chi connectivity index (χ0v) is 17.7. The summed E-state index contributed by atoms with van der Waals surface area (Å²) in [7, 11) is 1.49. The zero-order chi connectivity index (χ0) is 21.3. The lowest BCUT2D eigenvalue weighted by molar-refractivity contribution is -0.123. The van der Waals surface area contributed by atoms with Crippen molar-refractivity contribution in [2.75, 3.05) is 45.2 Å². The van der Waals surface area contributed by atoms with Gasteiger partial charge in [0.1, 0.15) is 5.00 Å². The van der Waals surface area contributed by atoms with Gasteiger partial charge in [-0.2, -0.15) is 0 Å². The summed E-state index contributed by atoms with van der Waals surface area (Å²) >= 11 is 1.02. The molecule has 0 fully saturated rings. The van der Waals surface area contributed by atoms with Crippen molar-refractivity contribution in [2.45, 2.75) is 27.7 Å². The summed E-state index contributed by atoms with van der Waals surface area (Å²) in [5, 5.41) is 8.14. The molecule has 10 heteroatoms. The molecule has 0 saturated heterocycles. The number of thiophene rings is 1. The van der Waals surface area contributed by atoms with Crippen molar-refractivity contribution in [3.05, 3.63) is 16.0 Å². The molecule has 0 bridgehead atoms. The number of ether oxygens (including phenoxy) is 1. The summed E-state index contributed by atoms with van der Waals surface area (Å²) < 4.78 is 5.06. The van der Waals surface area contributed by atoms with Crippen molar-refractivity contribution >= 4 is 40.0 Å². The molecule has 0 unspecified atom stereocenters. The third kappa shape index (κ3) is 6.31. The minimum atomic E-state index is -0.601. The number of hydrogen-bond donors (Lipinski definition) is 3. The van der Waals surface area contributed by atoms with Crippen LogP contribution in [0.5, 0.6) is 0 Å². The summed E-state index contributed by atoms with van der Waals surface area (Å²) in [6, 6.07) is 0. The first-order chi connectivity index (χ1) is 13.3. The fourth-order valence-electron chi connectivity index (χ4n) is 2.49. The third-order valence-electron chi connectivity index (χ3n) is 3.87. The van der Waals surface area contributed by atoms with Crippen molar-refractivity contribution in [1.29, 1.82) is 0 Å². The minimum absolute atomic E-state index is 0.0256. The van der Waals surface area contributed by atoms with Crippen LogP contribution in [0.4, 0.5) is 5.00 Å². The molecule has 1 heterocycles. The molecule has 1 rings (SSSR count). The molecular formula is C18H28N4O5S. The first kappa shape index (κ1) is 23.6. The van der Waals surface area contributed by atoms with Gasteiger partial charge < -0.3 is 20.7 Å². The lowest BCUT2D eigenvalue weighted by Crippen LogP contribution is -2.41. The monoisotopic (exact) mass is 412 g/mol. The Morgan fingerprint density at radius 3 is 2.25 bits per heavy atom. The van der Waals surface area contributed by atoms with Crippen LogP contribution < -0.4 is 16.0 Å². The Labute approximate surface area is 168 Å². The third-order valence-corrected chi connectivity index (χ3v) is 5.07. The van der Waals surface area contributed by atoms with Gasteiger partial charge in [-0.3, -0.25) is 19.3 Å². The molecule has 3 amide bonds. The van der Waals surface area contributed by atoms with Crippen molar-refractivity contribution in [3.63, 3.8) is 0 Å².